The van der Waals surface area contributed by atoms with Gasteiger partial charge in [-0.25, -0.2) is 4.79 Å². The Balaban J connectivity index is 2.05. The molecule has 1 atom stereocenters. The van der Waals surface area contributed by atoms with E-state index in [-0.39, 0.29) is 18.2 Å². The van der Waals surface area contributed by atoms with Crippen LogP contribution in [-0.2, 0) is 14.3 Å². The molecule has 2 fully saturated rings. The highest BCUT2D eigenvalue weighted by atomic mass is 16.6. The number of carbonyl (C=O) groups is 3. The van der Waals surface area contributed by atoms with Crippen LogP contribution >= 0.6 is 0 Å². The van der Waals surface area contributed by atoms with Gasteiger partial charge >= 0.3 is 12.1 Å². The maximum atomic E-state index is 12.2. The molecule has 0 bridgehead atoms. The summed E-state index contributed by atoms with van der Waals surface area (Å²) < 4.78 is 5.37. The van der Waals surface area contributed by atoms with Crippen LogP contribution in [-0.4, -0.2) is 46.5 Å². The number of piperidine rings is 1. The number of hydrogen-bond donors (Lipinski definition) is 1. The number of carboxylic acid groups (broad SMARTS) is 1. The molecule has 1 spiro atoms. The fourth-order valence-electron chi connectivity index (χ4n) is 3.05. The van der Waals surface area contributed by atoms with Crippen LogP contribution in [0.3, 0.4) is 0 Å². The van der Waals surface area contributed by atoms with Crippen LogP contribution in [0.1, 0.15) is 40.0 Å². The molecule has 2 aliphatic rings. The number of rotatable bonds is 1. The van der Waals surface area contributed by atoms with Crippen molar-refractivity contribution in [1.29, 1.82) is 0 Å². The molecule has 6 nitrogen and oxygen atoms in total. The summed E-state index contributed by atoms with van der Waals surface area (Å²) in [7, 11) is 0. The highest BCUT2D eigenvalue weighted by Crippen LogP contribution is 2.51. The van der Waals surface area contributed by atoms with E-state index in [9.17, 15) is 14.4 Å². The molecular weight excluding hydrogens is 262 g/mol. The summed E-state index contributed by atoms with van der Waals surface area (Å²) in [4.78, 5) is 36.4. The maximum Gasteiger partial charge on any atom is 0.407 e. The van der Waals surface area contributed by atoms with E-state index in [1.807, 2.05) is 0 Å². The van der Waals surface area contributed by atoms with Crippen LogP contribution in [0, 0.1) is 11.3 Å². The zero-order valence-corrected chi connectivity index (χ0v) is 12.1. The van der Waals surface area contributed by atoms with Crippen molar-refractivity contribution in [3.63, 3.8) is 0 Å². The van der Waals surface area contributed by atoms with Crippen LogP contribution in [0.4, 0.5) is 4.79 Å². The smallest absolute Gasteiger partial charge is 0.407 e. The minimum Gasteiger partial charge on any atom is -0.465 e. The van der Waals surface area contributed by atoms with Crippen molar-refractivity contribution in [2.45, 2.75) is 45.6 Å². The predicted octanol–water partition coefficient (Wildman–Crippen LogP) is 1.68. The standard InChI is InChI=1S/C14H21NO5/c1-13(2,3)20-11(17)9-8-10(16)14(9)4-6-15(7-5-14)12(18)19/h9H,4-8H2,1-3H3,(H,18,19)/t9-/m0/s1. The third kappa shape index (κ3) is 2.51. The molecule has 1 saturated carbocycles. The lowest BCUT2D eigenvalue weighted by atomic mass is 9.54. The minimum atomic E-state index is -0.972. The normalized spacial score (nSPS) is 25.2. The molecule has 1 amide bonds. The number of carbonyl (C=O) groups excluding carboxylic acids is 2. The quantitative estimate of drug-likeness (QED) is 0.740. The summed E-state index contributed by atoms with van der Waals surface area (Å²) in [6.07, 6.45) is 0.0898. The Morgan fingerprint density at radius 1 is 1.30 bits per heavy atom. The number of amides is 1. The average Bonchev–Trinajstić information content (AvgIpc) is 2.33. The van der Waals surface area contributed by atoms with E-state index >= 15 is 0 Å². The molecule has 1 N–H and O–H groups in total. The van der Waals surface area contributed by atoms with Crippen molar-refractivity contribution >= 4 is 17.8 Å². The van der Waals surface area contributed by atoms with Crippen molar-refractivity contribution in [3.05, 3.63) is 0 Å². The summed E-state index contributed by atoms with van der Waals surface area (Å²) in [5.41, 5.74) is -1.26. The number of nitrogens with zero attached hydrogens (tertiary/aromatic N) is 1. The van der Waals surface area contributed by atoms with E-state index in [0.29, 0.717) is 25.9 Å². The molecule has 1 saturated heterocycles. The summed E-state index contributed by atoms with van der Waals surface area (Å²) in [5, 5.41) is 8.94. The first-order valence-electron chi connectivity index (χ1n) is 6.90. The average molecular weight is 283 g/mol. The lowest BCUT2D eigenvalue weighted by molar-refractivity contribution is -0.181. The minimum absolute atomic E-state index is 0.0680. The van der Waals surface area contributed by atoms with Gasteiger partial charge in [-0.1, -0.05) is 0 Å². The van der Waals surface area contributed by atoms with Gasteiger partial charge in [0.2, 0.25) is 0 Å². The Hall–Kier alpha value is -1.59. The van der Waals surface area contributed by atoms with Gasteiger partial charge in [-0.15, -0.1) is 0 Å². The molecule has 1 aliphatic carbocycles. The van der Waals surface area contributed by atoms with E-state index in [4.69, 9.17) is 9.84 Å². The Labute approximate surface area is 118 Å². The van der Waals surface area contributed by atoms with E-state index in [2.05, 4.69) is 0 Å². The molecule has 0 aromatic carbocycles. The topological polar surface area (TPSA) is 83.9 Å². The lowest BCUT2D eigenvalue weighted by Crippen LogP contribution is -2.59. The third-order valence-corrected chi connectivity index (χ3v) is 4.23. The fraction of sp³-hybridized carbons (Fsp3) is 0.786. The Morgan fingerprint density at radius 2 is 1.85 bits per heavy atom. The molecule has 20 heavy (non-hydrogen) atoms. The molecule has 0 aromatic rings. The van der Waals surface area contributed by atoms with Crippen molar-refractivity contribution in [1.82, 2.24) is 4.90 Å². The Kier molecular flexibility index (Phi) is 3.52. The van der Waals surface area contributed by atoms with Gasteiger partial charge in [0.25, 0.3) is 0 Å². The van der Waals surface area contributed by atoms with Crippen molar-refractivity contribution in [2.75, 3.05) is 13.1 Å². The highest BCUT2D eigenvalue weighted by molar-refractivity contribution is 6.00. The SMILES string of the molecule is CC(C)(C)OC(=O)[C@@H]1CC(=O)C12CCN(C(=O)O)CC2. The number of ether oxygens (including phenoxy) is 1. The van der Waals surface area contributed by atoms with Gasteiger partial charge in [0.05, 0.1) is 5.92 Å². The van der Waals surface area contributed by atoms with E-state index < -0.39 is 23.0 Å². The van der Waals surface area contributed by atoms with Crippen LogP contribution in [0.25, 0.3) is 0 Å². The number of likely N-dealkylation sites (tertiary alicyclic amines) is 1. The molecule has 6 heteroatoms. The first-order chi connectivity index (χ1) is 9.16. The van der Waals surface area contributed by atoms with Gasteiger partial charge in [-0.05, 0) is 33.6 Å². The molecule has 1 heterocycles. The Morgan fingerprint density at radius 3 is 2.25 bits per heavy atom. The summed E-state index contributed by atoms with van der Waals surface area (Å²) in [6, 6.07) is 0. The lowest BCUT2D eigenvalue weighted by Gasteiger charge is -2.50. The van der Waals surface area contributed by atoms with Gasteiger partial charge in [0.15, 0.2) is 0 Å². The van der Waals surface area contributed by atoms with Gasteiger partial charge in [0, 0.05) is 24.9 Å². The van der Waals surface area contributed by atoms with Crippen molar-refractivity contribution < 1.29 is 24.2 Å². The van der Waals surface area contributed by atoms with E-state index in [1.165, 1.54) is 4.90 Å². The fourth-order valence-corrected chi connectivity index (χ4v) is 3.05. The summed E-state index contributed by atoms with van der Waals surface area (Å²) in [5.74, 6) is -0.676. The monoisotopic (exact) mass is 283 g/mol. The van der Waals surface area contributed by atoms with Crippen molar-refractivity contribution in [3.8, 4) is 0 Å². The van der Waals surface area contributed by atoms with Gasteiger partial charge in [0.1, 0.15) is 11.4 Å². The number of ketones is 1. The molecule has 2 rings (SSSR count). The second-order valence-corrected chi connectivity index (χ2v) is 6.64. The van der Waals surface area contributed by atoms with E-state index in [0.717, 1.165) is 0 Å². The molecule has 1 aliphatic heterocycles. The van der Waals surface area contributed by atoms with Crippen molar-refractivity contribution in [2.24, 2.45) is 11.3 Å². The second-order valence-electron chi connectivity index (χ2n) is 6.64. The van der Waals surface area contributed by atoms with Crippen LogP contribution in [0.5, 0.6) is 0 Å². The highest BCUT2D eigenvalue weighted by Gasteiger charge is 2.59. The molecule has 0 aromatic heterocycles. The number of Topliss-reactive ketones (excluding diaryl/α,β-unsaturated/α-hetero) is 1. The number of esters is 1. The summed E-state index contributed by atoms with van der Waals surface area (Å²) in [6.45, 7) is 6.00. The maximum absolute atomic E-state index is 12.2. The predicted molar refractivity (Wildman–Crippen MR) is 70.2 cm³/mol. The van der Waals surface area contributed by atoms with Gasteiger partial charge in [-0.2, -0.15) is 0 Å². The van der Waals surface area contributed by atoms with Crippen LogP contribution in [0.15, 0.2) is 0 Å². The second kappa shape index (κ2) is 4.75. The molecule has 0 unspecified atom stereocenters. The molecule has 0 radical (unpaired) electrons. The molecular formula is C14H21NO5. The zero-order chi connectivity index (χ0) is 15.1. The van der Waals surface area contributed by atoms with Gasteiger partial charge in [-0.3, -0.25) is 9.59 Å². The van der Waals surface area contributed by atoms with Crippen LogP contribution < -0.4 is 0 Å². The Bertz CT molecular complexity index is 443. The zero-order valence-electron chi connectivity index (χ0n) is 12.1. The van der Waals surface area contributed by atoms with E-state index in [1.54, 1.807) is 20.8 Å². The first kappa shape index (κ1) is 14.8. The summed E-state index contributed by atoms with van der Waals surface area (Å²) >= 11 is 0. The van der Waals surface area contributed by atoms with Gasteiger partial charge < -0.3 is 14.7 Å². The van der Waals surface area contributed by atoms with Crippen LogP contribution in [0.2, 0.25) is 0 Å². The third-order valence-electron chi connectivity index (χ3n) is 4.23. The molecule has 112 valence electrons. The number of hydrogen-bond acceptors (Lipinski definition) is 4. The largest absolute Gasteiger partial charge is 0.465 e. The first-order valence-corrected chi connectivity index (χ1v) is 6.90.